The van der Waals surface area contributed by atoms with E-state index in [1.165, 1.54) is 10.4 Å². The lowest BCUT2D eigenvalue weighted by molar-refractivity contribution is -0.120. The number of rotatable bonds is 5. The van der Waals surface area contributed by atoms with Gasteiger partial charge in [-0.15, -0.1) is 0 Å². The van der Waals surface area contributed by atoms with Crippen molar-refractivity contribution in [2.45, 2.75) is 44.8 Å². The van der Waals surface area contributed by atoms with Gasteiger partial charge >= 0.3 is 0 Å². The molecule has 1 amide bonds. The van der Waals surface area contributed by atoms with Crippen molar-refractivity contribution in [2.75, 3.05) is 0 Å². The van der Waals surface area contributed by atoms with Gasteiger partial charge in [-0.25, -0.2) is 0 Å². The Morgan fingerprint density at radius 3 is 1.74 bits per heavy atom. The number of carbonyl (C=O) groups excluding carboxylic acids is 1. The standard InChI is InChI=1S/C23H29NO2Si/c1-23(2,3)27(17-10-6-4-7-11-17,18-12-8-5-9-13-18)26-16-14-19-20(15-16)21(19)22(24)25/h4-13,16,19-21H,14-15H2,1-3H3,(H2,24,25). The van der Waals surface area contributed by atoms with Crippen LogP contribution in [-0.2, 0) is 9.22 Å². The summed E-state index contributed by atoms with van der Waals surface area (Å²) >= 11 is 0. The van der Waals surface area contributed by atoms with Crippen LogP contribution in [0.15, 0.2) is 60.7 Å². The van der Waals surface area contributed by atoms with Crippen molar-refractivity contribution in [3.8, 4) is 0 Å². The minimum Gasteiger partial charge on any atom is -0.404 e. The molecule has 0 heterocycles. The average molecular weight is 380 g/mol. The predicted octanol–water partition coefficient (Wildman–Crippen LogP) is 3.07. The van der Waals surface area contributed by atoms with Crippen LogP contribution < -0.4 is 16.1 Å². The lowest BCUT2D eigenvalue weighted by atomic mass is 10.1. The molecule has 142 valence electrons. The summed E-state index contributed by atoms with van der Waals surface area (Å²) in [4.78, 5) is 11.6. The molecule has 4 rings (SSSR count). The van der Waals surface area contributed by atoms with Gasteiger partial charge in [0.15, 0.2) is 0 Å². The summed E-state index contributed by atoms with van der Waals surface area (Å²) in [5.74, 6) is 0.828. The normalized spacial score (nSPS) is 27.2. The van der Waals surface area contributed by atoms with E-state index >= 15 is 0 Å². The van der Waals surface area contributed by atoms with E-state index in [0.717, 1.165) is 12.8 Å². The maximum Gasteiger partial charge on any atom is 0.261 e. The Morgan fingerprint density at radius 2 is 1.37 bits per heavy atom. The molecular formula is C23H29NO2Si. The van der Waals surface area contributed by atoms with Crippen molar-refractivity contribution >= 4 is 24.6 Å². The highest BCUT2D eigenvalue weighted by Gasteiger charge is 2.61. The Balaban J connectivity index is 1.72. The Bertz CT molecular complexity index is 764. The molecule has 0 radical (unpaired) electrons. The van der Waals surface area contributed by atoms with Crippen LogP contribution in [0.5, 0.6) is 0 Å². The van der Waals surface area contributed by atoms with E-state index in [1.54, 1.807) is 0 Å². The van der Waals surface area contributed by atoms with E-state index < -0.39 is 8.32 Å². The van der Waals surface area contributed by atoms with Gasteiger partial charge in [0.25, 0.3) is 8.32 Å². The van der Waals surface area contributed by atoms with Crippen LogP contribution in [0.4, 0.5) is 0 Å². The van der Waals surface area contributed by atoms with Crippen LogP contribution >= 0.6 is 0 Å². The van der Waals surface area contributed by atoms with E-state index in [1.807, 2.05) is 0 Å². The molecular weight excluding hydrogens is 350 g/mol. The molecule has 2 aromatic carbocycles. The number of fused-ring (bicyclic) bond motifs is 1. The number of hydrogen-bond donors (Lipinski definition) is 1. The van der Waals surface area contributed by atoms with Gasteiger partial charge in [0.1, 0.15) is 0 Å². The first-order valence-corrected chi connectivity index (χ1v) is 11.8. The molecule has 0 aromatic heterocycles. The molecule has 2 N–H and O–H groups in total. The van der Waals surface area contributed by atoms with Gasteiger partial charge in [-0.05, 0) is 40.1 Å². The number of benzene rings is 2. The third kappa shape index (κ3) is 3.05. The molecule has 0 saturated heterocycles. The van der Waals surface area contributed by atoms with Crippen LogP contribution in [-0.4, -0.2) is 20.3 Å². The second kappa shape index (κ2) is 6.61. The minimum absolute atomic E-state index is 0.00836. The summed E-state index contributed by atoms with van der Waals surface area (Å²) < 4.78 is 7.15. The van der Waals surface area contributed by atoms with Gasteiger partial charge in [-0.2, -0.15) is 0 Å². The Kier molecular flexibility index (Phi) is 4.51. The zero-order chi connectivity index (χ0) is 19.2. The largest absolute Gasteiger partial charge is 0.404 e. The van der Waals surface area contributed by atoms with Gasteiger partial charge in [0.05, 0.1) is 0 Å². The highest BCUT2D eigenvalue weighted by atomic mass is 28.4. The van der Waals surface area contributed by atoms with E-state index in [4.69, 9.17) is 10.2 Å². The molecule has 0 bridgehead atoms. The number of primary amides is 1. The Morgan fingerprint density at radius 1 is 0.926 bits per heavy atom. The first-order chi connectivity index (χ1) is 12.8. The van der Waals surface area contributed by atoms with Crippen LogP contribution in [0.25, 0.3) is 0 Å². The molecule has 2 fully saturated rings. The van der Waals surface area contributed by atoms with Gasteiger partial charge < -0.3 is 10.2 Å². The molecule has 2 aliphatic carbocycles. The second-order valence-corrected chi connectivity index (χ2v) is 13.4. The minimum atomic E-state index is -2.49. The van der Waals surface area contributed by atoms with Crippen molar-refractivity contribution in [3.05, 3.63) is 60.7 Å². The topological polar surface area (TPSA) is 52.3 Å². The molecule has 2 aromatic rings. The van der Waals surface area contributed by atoms with E-state index in [-0.39, 0.29) is 23.0 Å². The van der Waals surface area contributed by atoms with Gasteiger partial charge in [0.2, 0.25) is 5.91 Å². The summed E-state index contributed by atoms with van der Waals surface area (Å²) in [7, 11) is -2.49. The molecule has 2 unspecified atom stereocenters. The third-order valence-electron chi connectivity index (χ3n) is 6.49. The third-order valence-corrected chi connectivity index (χ3v) is 11.6. The monoisotopic (exact) mass is 379 g/mol. The highest BCUT2D eigenvalue weighted by Crippen LogP contribution is 2.58. The van der Waals surface area contributed by atoms with E-state index in [2.05, 4.69) is 81.4 Å². The van der Waals surface area contributed by atoms with Crippen LogP contribution in [0.3, 0.4) is 0 Å². The summed E-state index contributed by atoms with van der Waals surface area (Å²) in [5, 5.41) is 2.62. The fourth-order valence-electron chi connectivity index (χ4n) is 5.25. The smallest absolute Gasteiger partial charge is 0.261 e. The first-order valence-electron chi connectivity index (χ1n) is 9.93. The van der Waals surface area contributed by atoms with Crippen molar-refractivity contribution < 1.29 is 9.22 Å². The maximum absolute atomic E-state index is 11.6. The lowest BCUT2D eigenvalue weighted by Crippen LogP contribution is -2.67. The van der Waals surface area contributed by atoms with Gasteiger partial charge in [-0.3, -0.25) is 4.79 Å². The molecule has 27 heavy (non-hydrogen) atoms. The SMILES string of the molecule is CC(C)(C)[Si](OC1CC2C(C1)C2C(N)=O)(c1ccccc1)c1ccccc1. The number of carbonyl (C=O) groups is 1. The van der Waals surface area contributed by atoms with Crippen LogP contribution in [0, 0.1) is 17.8 Å². The van der Waals surface area contributed by atoms with Crippen molar-refractivity contribution in [1.29, 1.82) is 0 Å². The van der Waals surface area contributed by atoms with Crippen molar-refractivity contribution in [1.82, 2.24) is 0 Å². The van der Waals surface area contributed by atoms with Crippen molar-refractivity contribution in [2.24, 2.45) is 23.5 Å². The lowest BCUT2D eigenvalue weighted by Gasteiger charge is -2.45. The fourth-order valence-corrected chi connectivity index (χ4v) is 9.96. The number of nitrogens with two attached hydrogens (primary N) is 1. The molecule has 3 nitrogen and oxygen atoms in total. The number of amides is 1. The fraction of sp³-hybridized carbons (Fsp3) is 0.435. The predicted molar refractivity (Wildman–Crippen MR) is 111 cm³/mol. The van der Waals surface area contributed by atoms with E-state index in [9.17, 15) is 4.79 Å². The molecule has 2 aliphatic rings. The quantitative estimate of drug-likeness (QED) is 0.812. The average Bonchev–Trinajstić information content (AvgIpc) is 3.17. The van der Waals surface area contributed by atoms with Gasteiger partial charge in [-0.1, -0.05) is 81.4 Å². The first kappa shape index (κ1) is 18.5. The second-order valence-electron chi connectivity index (χ2n) is 9.13. The number of hydrogen-bond acceptors (Lipinski definition) is 2. The van der Waals surface area contributed by atoms with E-state index in [0.29, 0.717) is 11.8 Å². The Labute approximate surface area is 163 Å². The molecule has 0 aliphatic heterocycles. The summed E-state index contributed by atoms with van der Waals surface area (Å²) in [6, 6.07) is 21.5. The summed E-state index contributed by atoms with van der Waals surface area (Å²) in [6.45, 7) is 6.92. The van der Waals surface area contributed by atoms with Crippen LogP contribution in [0.2, 0.25) is 5.04 Å². The van der Waals surface area contributed by atoms with Gasteiger partial charge in [0, 0.05) is 12.0 Å². The highest BCUT2D eigenvalue weighted by molar-refractivity contribution is 6.99. The molecule has 2 atom stereocenters. The molecule has 0 spiro atoms. The zero-order valence-electron chi connectivity index (χ0n) is 16.4. The summed E-state index contributed by atoms with van der Waals surface area (Å²) in [6.07, 6.45) is 2.13. The Hall–Kier alpha value is -1.91. The summed E-state index contributed by atoms with van der Waals surface area (Å²) in [5.41, 5.74) is 5.54. The van der Waals surface area contributed by atoms with Crippen LogP contribution in [0.1, 0.15) is 33.6 Å². The maximum atomic E-state index is 11.6. The molecule has 4 heteroatoms. The van der Waals surface area contributed by atoms with Crippen molar-refractivity contribution in [3.63, 3.8) is 0 Å². The zero-order valence-corrected chi connectivity index (χ0v) is 17.4. The molecule has 2 saturated carbocycles.